The second-order valence-corrected chi connectivity index (χ2v) is 3.85. The Morgan fingerprint density at radius 2 is 1.93 bits per heavy atom. The molecule has 0 heterocycles. The smallest absolute Gasteiger partial charge is 0.305 e. The van der Waals surface area contributed by atoms with Gasteiger partial charge in [0.05, 0.1) is 6.61 Å². The molecule has 0 aromatic rings. The topological polar surface area (TPSA) is 35.5 Å². The molecule has 0 aromatic heterocycles. The van der Waals surface area contributed by atoms with E-state index in [2.05, 4.69) is 13.8 Å². The number of carbonyl (C=O) groups excluding carboxylic acids is 1. The van der Waals surface area contributed by atoms with Gasteiger partial charge in [-0.05, 0) is 12.3 Å². The molecule has 14 heavy (non-hydrogen) atoms. The van der Waals surface area contributed by atoms with Crippen molar-refractivity contribution in [3.05, 3.63) is 0 Å². The maximum Gasteiger partial charge on any atom is 0.305 e. The zero-order valence-electron chi connectivity index (χ0n) is 9.54. The van der Waals surface area contributed by atoms with Gasteiger partial charge in [0, 0.05) is 13.5 Å². The van der Waals surface area contributed by atoms with Crippen molar-refractivity contribution in [2.45, 2.75) is 39.5 Å². The lowest BCUT2D eigenvalue weighted by atomic mass is 10.1. The SMILES string of the molecule is COCCOC(=O)CCCCC(C)C. The Labute approximate surface area is 86.8 Å². The van der Waals surface area contributed by atoms with Crippen molar-refractivity contribution in [1.82, 2.24) is 0 Å². The van der Waals surface area contributed by atoms with Gasteiger partial charge in [0.1, 0.15) is 6.61 Å². The van der Waals surface area contributed by atoms with E-state index in [0.717, 1.165) is 18.8 Å². The summed E-state index contributed by atoms with van der Waals surface area (Å²) >= 11 is 0. The molecular formula is C11H22O3. The van der Waals surface area contributed by atoms with Gasteiger partial charge in [-0.25, -0.2) is 0 Å². The second-order valence-electron chi connectivity index (χ2n) is 3.85. The summed E-state index contributed by atoms with van der Waals surface area (Å²) < 4.78 is 9.70. The van der Waals surface area contributed by atoms with Crippen LogP contribution in [0.2, 0.25) is 0 Å². The van der Waals surface area contributed by atoms with Crippen LogP contribution < -0.4 is 0 Å². The van der Waals surface area contributed by atoms with Crippen molar-refractivity contribution in [3.8, 4) is 0 Å². The van der Waals surface area contributed by atoms with Gasteiger partial charge in [0.15, 0.2) is 0 Å². The zero-order chi connectivity index (χ0) is 10.8. The highest BCUT2D eigenvalue weighted by atomic mass is 16.6. The molecule has 0 saturated carbocycles. The Balaban J connectivity index is 3.18. The van der Waals surface area contributed by atoms with Crippen molar-refractivity contribution in [3.63, 3.8) is 0 Å². The molecule has 0 aliphatic carbocycles. The van der Waals surface area contributed by atoms with E-state index in [1.54, 1.807) is 7.11 Å². The lowest BCUT2D eigenvalue weighted by Crippen LogP contribution is -2.09. The van der Waals surface area contributed by atoms with E-state index in [0.29, 0.717) is 19.6 Å². The third-order valence-corrected chi connectivity index (χ3v) is 1.96. The first-order valence-electron chi connectivity index (χ1n) is 5.31. The van der Waals surface area contributed by atoms with Gasteiger partial charge >= 0.3 is 5.97 Å². The lowest BCUT2D eigenvalue weighted by Gasteiger charge is -2.05. The van der Waals surface area contributed by atoms with Crippen molar-refractivity contribution < 1.29 is 14.3 Å². The first kappa shape index (κ1) is 13.4. The summed E-state index contributed by atoms with van der Waals surface area (Å²) in [6, 6.07) is 0. The van der Waals surface area contributed by atoms with Gasteiger partial charge in [0.2, 0.25) is 0 Å². The van der Waals surface area contributed by atoms with Gasteiger partial charge in [-0.1, -0.05) is 26.7 Å². The Kier molecular flexibility index (Phi) is 8.64. The van der Waals surface area contributed by atoms with Crippen LogP contribution in [0.25, 0.3) is 0 Å². The number of hydrogen-bond donors (Lipinski definition) is 0. The predicted molar refractivity (Wildman–Crippen MR) is 56.1 cm³/mol. The van der Waals surface area contributed by atoms with Crippen LogP contribution in [-0.2, 0) is 14.3 Å². The monoisotopic (exact) mass is 202 g/mol. The molecule has 0 aliphatic heterocycles. The minimum Gasteiger partial charge on any atom is -0.463 e. The molecule has 0 atom stereocenters. The summed E-state index contributed by atoms with van der Waals surface area (Å²) in [5, 5.41) is 0. The van der Waals surface area contributed by atoms with Crippen LogP contribution in [0, 0.1) is 5.92 Å². The summed E-state index contributed by atoms with van der Waals surface area (Å²) in [5.41, 5.74) is 0. The number of ether oxygens (including phenoxy) is 2. The van der Waals surface area contributed by atoms with Gasteiger partial charge in [0.25, 0.3) is 0 Å². The number of methoxy groups -OCH3 is 1. The quantitative estimate of drug-likeness (QED) is 0.448. The maximum atomic E-state index is 11.1. The van der Waals surface area contributed by atoms with E-state index >= 15 is 0 Å². The molecule has 0 bridgehead atoms. The third kappa shape index (κ3) is 9.52. The fraction of sp³-hybridized carbons (Fsp3) is 0.909. The molecule has 0 radical (unpaired) electrons. The molecule has 0 amide bonds. The number of unbranched alkanes of at least 4 members (excludes halogenated alkanes) is 1. The standard InChI is InChI=1S/C11H22O3/c1-10(2)6-4-5-7-11(12)14-9-8-13-3/h10H,4-9H2,1-3H3. The molecule has 0 aliphatic rings. The summed E-state index contributed by atoms with van der Waals surface area (Å²) in [5.74, 6) is 0.616. The van der Waals surface area contributed by atoms with Crippen LogP contribution in [0.5, 0.6) is 0 Å². The molecule has 3 nitrogen and oxygen atoms in total. The highest BCUT2D eigenvalue weighted by Crippen LogP contribution is 2.08. The summed E-state index contributed by atoms with van der Waals surface area (Å²) in [7, 11) is 1.59. The Hall–Kier alpha value is -0.570. The van der Waals surface area contributed by atoms with Crippen molar-refractivity contribution in [2.75, 3.05) is 20.3 Å². The number of esters is 1. The second kappa shape index (κ2) is 9.00. The highest BCUT2D eigenvalue weighted by Gasteiger charge is 2.02. The highest BCUT2D eigenvalue weighted by molar-refractivity contribution is 5.69. The van der Waals surface area contributed by atoms with Gasteiger partial charge in [-0.3, -0.25) is 4.79 Å². The van der Waals surface area contributed by atoms with Crippen molar-refractivity contribution >= 4 is 5.97 Å². The predicted octanol–water partition coefficient (Wildman–Crippen LogP) is 2.39. The average Bonchev–Trinajstić information content (AvgIpc) is 2.13. The molecule has 0 fully saturated rings. The first-order chi connectivity index (χ1) is 6.66. The number of carbonyl (C=O) groups is 1. The van der Waals surface area contributed by atoms with Gasteiger partial charge < -0.3 is 9.47 Å². The normalized spacial score (nSPS) is 10.6. The van der Waals surface area contributed by atoms with E-state index in [1.165, 1.54) is 6.42 Å². The van der Waals surface area contributed by atoms with Crippen LogP contribution in [0.1, 0.15) is 39.5 Å². The molecule has 3 heteroatoms. The molecule has 0 aromatic carbocycles. The fourth-order valence-electron chi connectivity index (χ4n) is 1.13. The number of hydrogen-bond acceptors (Lipinski definition) is 3. The molecule has 0 unspecified atom stereocenters. The molecular weight excluding hydrogens is 180 g/mol. The average molecular weight is 202 g/mol. The van der Waals surface area contributed by atoms with Crippen molar-refractivity contribution in [1.29, 1.82) is 0 Å². The maximum absolute atomic E-state index is 11.1. The lowest BCUT2D eigenvalue weighted by molar-refractivity contribution is -0.145. The van der Waals surface area contributed by atoms with Crippen molar-refractivity contribution in [2.24, 2.45) is 5.92 Å². The summed E-state index contributed by atoms with van der Waals surface area (Å²) in [6.45, 7) is 5.24. The molecule has 0 rings (SSSR count). The van der Waals surface area contributed by atoms with Gasteiger partial charge in [-0.15, -0.1) is 0 Å². The summed E-state index contributed by atoms with van der Waals surface area (Å²) in [4.78, 5) is 11.1. The third-order valence-electron chi connectivity index (χ3n) is 1.96. The molecule has 0 saturated heterocycles. The van der Waals surface area contributed by atoms with E-state index < -0.39 is 0 Å². The molecule has 0 N–H and O–H groups in total. The van der Waals surface area contributed by atoms with Crippen LogP contribution in [0.4, 0.5) is 0 Å². The first-order valence-corrected chi connectivity index (χ1v) is 5.31. The van der Waals surface area contributed by atoms with E-state index in [-0.39, 0.29) is 5.97 Å². The van der Waals surface area contributed by atoms with Crippen LogP contribution in [0.15, 0.2) is 0 Å². The Morgan fingerprint density at radius 3 is 2.50 bits per heavy atom. The number of rotatable bonds is 8. The minimum atomic E-state index is -0.106. The van der Waals surface area contributed by atoms with Crippen LogP contribution >= 0.6 is 0 Å². The minimum absolute atomic E-state index is 0.106. The van der Waals surface area contributed by atoms with Crippen LogP contribution in [0.3, 0.4) is 0 Å². The van der Waals surface area contributed by atoms with E-state index in [9.17, 15) is 4.79 Å². The summed E-state index contributed by atoms with van der Waals surface area (Å²) in [6.07, 6.45) is 3.77. The van der Waals surface area contributed by atoms with E-state index in [4.69, 9.17) is 9.47 Å². The Morgan fingerprint density at radius 1 is 1.21 bits per heavy atom. The largest absolute Gasteiger partial charge is 0.463 e. The Bertz CT molecular complexity index is 143. The molecule has 0 spiro atoms. The molecule has 84 valence electrons. The van der Waals surface area contributed by atoms with Gasteiger partial charge in [-0.2, -0.15) is 0 Å². The van der Waals surface area contributed by atoms with E-state index in [1.807, 2.05) is 0 Å². The fourth-order valence-corrected chi connectivity index (χ4v) is 1.13. The zero-order valence-corrected chi connectivity index (χ0v) is 9.54. The van der Waals surface area contributed by atoms with Crippen LogP contribution in [-0.4, -0.2) is 26.3 Å².